The number of aromatic nitrogens is 2. The van der Waals surface area contributed by atoms with Crippen molar-refractivity contribution >= 4 is 22.4 Å². The van der Waals surface area contributed by atoms with E-state index in [0.717, 1.165) is 48.9 Å². The van der Waals surface area contributed by atoms with E-state index in [4.69, 9.17) is 0 Å². The number of carbonyl (C=O) groups is 1. The highest BCUT2D eigenvalue weighted by molar-refractivity contribution is 7.15. The number of amides is 1. The molecule has 2 saturated heterocycles. The van der Waals surface area contributed by atoms with Crippen LogP contribution in [-0.4, -0.2) is 46.2 Å². The number of likely N-dealkylation sites (tertiary alicyclic amines) is 1. The number of anilines is 1. The van der Waals surface area contributed by atoms with Crippen LogP contribution in [0.25, 0.3) is 0 Å². The summed E-state index contributed by atoms with van der Waals surface area (Å²) in [5.74, 6) is 0.979. The zero-order valence-electron chi connectivity index (χ0n) is 14.9. The number of benzene rings is 1. The number of hydrogen-bond donors (Lipinski definition) is 0. The lowest BCUT2D eigenvalue weighted by Crippen LogP contribution is -2.56. The fraction of sp³-hybridized carbons (Fsp3) is 0.550. The Morgan fingerprint density at radius 3 is 2.73 bits per heavy atom. The maximum atomic E-state index is 12.4. The van der Waals surface area contributed by atoms with Gasteiger partial charge in [0.2, 0.25) is 11.0 Å². The summed E-state index contributed by atoms with van der Waals surface area (Å²) in [6, 6.07) is 11.4. The van der Waals surface area contributed by atoms with Gasteiger partial charge in [0.25, 0.3) is 0 Å². The molecule has 1 aliphatic carbocycles. The quantitative estimate of drug-likeness (QED) is 0.832. The average molecular weight is 369 g/mol. The smallest absolute Gasteiger partial charge is 0.223 e. The fourth-order valence-electron chi connectivity index (χ4n) is 4.51. The normalized spacial score (nSPS) is 26.1. The van der Waals surface area contributed by atoms with Crippen LogP contribution in [0, 0.1) is 5.92 Å². The zero-order valence-corrected chi connectivity index (χ0v) is 15.7. The summed E-state index contributed by atoms with van der Waals surface area (Å²) in [6.45, 7) is 2.00. The minimum absolute atomic E-state index is 0.392. The van der Waals surface area contributed by atoms with Crippen molar-refractivity contribution in [2.75, 3.05) is 18.0 Å². The molecule has 2 aliphatic heterocycles. The predicted molar refractivity (Wildman–Crippen MR) is 102 cm³/mol. The van der Waals surface area contributed by atoms with E-state index in [1.165, 1.54) is 18.4 Å². The van der Waals surface area contributed by atoms with Gasteiger partial charge in [-0.05, 0) is 37.2 Å². The molecule has 1 aromatic carbocycles. The van der Waals surface area contributed by atoms with Gasteiger partial charge in [0, 0.05) is 38.0 Å². The molecular weight excluding hydrogens is 344 g/mol. The molecule has 0 radical (unpaired) electrons. The minimum Gasteiger partial charge on any atom is -0.346 e. The molecule has 136 valence electrons. The zero-order chi connectivity index (χ0) is 17.5. The van der Waals surface area contributed by atoms with Crippen LogP contribution in [0.3, 0.4) is 0 Å². The number of piperidine rings is 2. The van der Waals surface area contributed by atoms with E-state index >= 15 is 0 Å². The lowest BCUT2D eigenvalue weighted by atomic mass is 9.83. The SMILES string of the molecule is O=C1CCC2CN(c3nnc(Cc4ccccc4)s3)CCC2N1C1CC1. The van der Waals surface area contributed by atoms with E-state index in [2.05, 4.69) is 44.3 Å². The van der Waals surface area contributed by atoms with Gasteiger partial charge in [-0.2, -0.15) is 0 Å². The van der Waals surface area contributed by atoms with E-state index in [1.54, 1.807) is 11.3 Å². The summed E-state index contributed by atoms with van der Waals surface area (Å²) in [4.78, 5) is 17.0. The molecule has 1 saturated carbocycles. The molecule has 0 N–H and O–H groups in total. The fourth-order valence-corrected chi connectivity index (χ4v) is 5.42. The Hall–Kier alpha value is -1.95. The predicted octanol–water partition coefficient (Wildman–Crippen LogP) is 3.11. The maximum Gasteiger partial charge on any atom is 0.223 e. The van der Waals surface area contributed by atoms with Gasteiger partial charge in [0.1, 0.15) is 5.01 Å². The lowest BCUT2D eigenvalue weighted by molar-refractivity contribution is -0.140. The van der Waals surface area contributed by atoms with Gasteiger partial charge >= 0.3 is 0 Å². The van der Waals surface area contributed by atoms with Crippen LogP contribution in [0.15, 0.2) is 30.3 Å². The summed E-state index contributed by atoms with van der Waals surface area (Å²) in [6.07, 6.45) is 6.08. The van der Waals surface area contributed by atoms with Crippen molar-refractivity contribution in [2.24, 2.45) is 5.92 Å². The number of rotatable bonds is 4. The lowest BCUT2D eigenvalue weighted by Gasteiger charge is -2.47. The molecule has 1 amide bonds. The highest BCUT2D eigenvalue weighted by atomic mass is 32.1. The monoisotopic (exact) mass is 368 g/mol. The molecule has 2 aromatic rings. The number of carbonyl (C=O) groups excluding carboxylic acids is 1. The molecule has 2 atom stereocenters. The molecule has 5 rings (SSSR count). The Labute approximate surface area is 158 Å². The first-order valence-electron chi connectivity index (χ1n) is 9.70. The first-order valence-corrected chi connectivity index (χ1v) is 10.5. The average Bonchev–Trinajstić information content (AvgIpc) is 3.40. The largest absolute Gasteiger partial charge is 0.346 e. The third-order valence-electron chi connectivity index (χ3n) is 5.93. The highest BCUT2D eigenvalue weighted by Gasteiger charge is 2.45. The molecule has 6 heteroatoms. The van der Waals surface area contributed by atoms with E-state index in [9.17, 15) is 4.79 Å². The molecule has 26 heavy (non-hydrogen) atoms. The first kappa shape index (κ1) is 16.2. The van der Waals surface area contributed by atoms with Crippen LogP contribution in [-0.2, 0) is 11.2 Å². The van der Waals surface area contributed by atoms with Gasteiger partial charge in [0.15, 0.2) is 0 Å². The summed E-state index contributed by atoms with van der Waals surface area (Å²) in [5, 5.41) is 11.0. The highest BCUT2D eigenvalue weighted by Crippen LogP contribution is 2.40. The van der Waals surface area contributed by atoms with E-state index < -0.39 is 0 Å². The van der Waals surface area contributed by atoms with Gasteiger partial charge in [-0.15, -0.1) is 10.2 Å². The second kappa shape index (κ2) is 6.65. The molecular formula is C20H24N4OS. The minimum atomic E-state index is 0.392. The van der Waals surface area contributed by atoms with Gasteiger partial charge in [-0.1, -0.05) is 41.7 Å². The van der Waals surface area contributed by atoms with Crippen molar-refractivity contribution in [3.63, 3.8) is 0 Å². The Morgan fingerprint density at radius 2 is 1.92 bits per heavy atom. The molecule has 3 fully saturated rings. The van der Waals surface area contributed by atoms with Crippen LogP contribution < -0.4 is 4.90 Å². The van der Waals surface area contributed by atoms with Crippen molar-refractivity contribution in [2.45, 2.75) is 50.6 Å². The van der Waals surface area contributed by atoms with Crippen LogP contribution in [0.5, 0.6) is 0 Å². The molecule has 3 heterocycles. The van der Waals surface area contributed by atoms with Gasteiger partial charge in [-0.25, -0.2) is 0 Å². The van der Waals surface area contributed by atoms with Gasteiger partial charge in [0.05, 0.1) is 0 Å². The molecule has 5 nitrogen and oxygen atoms in total. The molecule has 3 aliphatic rings. The molecule has 0 bridgehead atoms. The summed E-state index contributed by atoms with van der Waals surface area (Å²) < 4.78 is 0. The van der Waals surface area contributed by atoms with Crippen LogP contribution in [0.1, 0.15) is 42.7 Å². The molecule has 0 spiro atoms. The topological polar surface area (TPSA) is 49.3 Å². The van der Waals surface area contributed by atoms with E-state index in [-0.39, 0.29) is 0 Å². The summed E-state index contributed by atoms with van der Waals surface area (Å²) in [5.41, 5.74) is 1.28. The third-order valence-corrected chi connectivity index (χ3v) is 6.92. The Kier molecular flexibility index (Phi) is 4.15. The summed E-state index contributed by atoms with van der Waals surface area (Å²) >= 11 is 1.72. The van der Waals surface area contributed by atoms with Gasteiger partial charge < -0.3 is 9.80 Å². The Balaban J connectivity index is 1.27. The molecule has 1 aromatic heterocycles. The first-order chi connectivity index (χ1) is 12.8. The van der Waals surface area contributed by atoms with E-state index in [0.29, 0.717) is 23.9 Å². The Morgan fingerprint density at radius 1 is 1.08 bits per heavy atom. The van der Waals surface area contributed by atoms with Crippen LogP contribution >= 0.6 is 11.3 Å². The van der Waals surface area contributed by atoms with Crippen molar-refractivity contribution in [1.29, 1.82) is 0 Å². The number of nitrogens with zero attached hydrogens (tertiary/aromatic N) is 4. The molecule has 2 unspecified atom stereocenters. The van der Waals surface area contributed by atoms with Crippen molar-refractivity contribution in [3.8, 4) is 0 Å². The second-order valence-electron chi connectivity index (χ2n) is 7.77. The Bertz CT molecular complexity index is 788. The van der Waals surface area contributed by atoms with E-state index in [1.807, 2.05) is 6.07 Å². The van der Waals surface area contributed by atoms with Crippen molar-refractivity contribution in [3.05, 3.63) is 40.9 Å². The standard InChI is InChI=1S/C20H24N4OS/c25-19-9-6-15-13-23(11-10-17(15)24(19)16-7-8-16)20-22-21-18(26-20)12-14-4-2-1-3-5-14/h1-5,15-17H,6-13H2. The second-order valence-corrected chi connectivity index (χ2v) is 8.81. The van der Waals surface area contributed by atoms with Crippen LogP contribution in [0.2, 0.25) is 0 Å². The number of hydrogen-bond acceptors (Lipinski definition) is 5. The van der Waals surface area contributed by atoms with Crippen LogP contribution in [0.4, 0.5) is 5.13 Å². The van der Waals surface area contributed by atoms with Gasteiger partial charge in [-0.3, -0.25) is 4.79 Å². The van der Waals surface area contributed by atoms with Crippen molar-refractivity contribution in [1.82, 2.24) is 15.1 Å². The maximum absolute atomic E-state index is 12.4. The number of fused-ring (bicyclic) bond motifs is 1. The van der Waals surface area contributed by atoms with Crippen molar-refractivity contribution < 1.29 is 4.79 Å². The third kappa shape index (κ3) is 3.11. The summed E-state index contributed by atoms with van der Waals surface area (Å²) in [7, 11) is 0.